The average Bonchev–Trinajstić information content (AvgIpc) is 3.38. The number of amides is 1. The van der Waals surface area contributed by atoms with E-state index in [1.807, 2.05) is 20.8 Å². The molecule has 3 aliphatic heterocycles. The number of piperidine rings is 1. The van der Waals surface area contributed by atoms with Crippen LogP contribution in [-0.4, -0.2) is 83.6 Å². The summed E-state index contributed by atoms with van der Waals surface area (Å²) >= 11 is 0. The molecule has 4 atom stereocenters. The normalized spacial score (nSPS) is 28.9. The van der Waals surface area contributed by atoms with E-state index < -0.39 is 5.82 Å². The second kappa shape index (κ2) is 11.8. The second-order valence-electron chi connectivity index (χ2n) is 14.7. The van der Waals surface area contributed by atoms with E-state index in [9.17, 15) is 14.0 Å². The Hall–Kier alpha value is -3.27. The Morgan fingerprint density at radius 1 is 1.20 bits per heavy atom. The topological polar surface area (TPSA) is 88.1 Å². The van der Waals surface area contributed by atoms with E-state index in [4.69, 9.17) is 9.47 Å². The highest BCUT2D eigenvalue weighted by atomic mass is 19.1. The molecule has 10 heteroatoms. The highest BCUT2D eigenvalue weighted by molar-refractivity contribution is 5.97. The fourth-order valence-electron chi connectivity index (χ4n) is 9.24. The van der Waals surface area contributed by atoms with Crippen LogP contribution in [0.4, 0.5) is 10.2 Å². The molecule has 6 aliphatic rings. The van der Waals surface area contributed by atoms with Gasteiger partial charge in [0, 0.05) is 43.1 Å². The minimum atomic E-state index is -0.481. The summed E-state index contributed by atoms with van der Waals surface area (Å²) in [6.07, 6.45) is 11.1. The summed E-state index contributed by atoms with van der Waals surface area (Å²) in [5.74, 6) is 2.85. The molecular formula is C35H46FN5O4. The molecule has 0 radical (unpaired) electrons. The Morgan fingerprint density at radius 3 is 2.67 bits per heavy atom. The second-order valence-corrected chi connectivity index (χ2v) is 14.7. The van der Waals surface area contributed by atoms with Crippen molar-refractivity contribution in [2.45, 2.75) is 71.8 Å². The third-order valence-electron chi connectivity index (χ3n) is 11.7. The lowest BCUT2D eigenvalue weighted by atomic mass is 9.52. The van der Waals surface area contributed by atoms with Gasteiger partial charge in [0.25, 0.3) is 5.91 Å². The molecule has 6 fully saturated rings. The number of hydrogen-bond acceptors (Lipinski definition) is 8. The van der Waals surface area contributed by atoms with Gasteiger partial charge in [-0.1, -0.05) is 0 Å². The van der Waals surface area contributed by atoms with E-state index in [0.717, 1.165) is 50.9 Å². The maximum Gasteiger partial charge on any atom is 0.306 e. The van der Waals surface area contributed by atoms with Crippen molar-refractivity contribution in [2.24, 2.45) is 28.6 Å². The van der Waals surface area contributed by atoms with Gasteiger partial charge >= 0.3 is 5.97 Å². The Labute approximate surface area is 265 Å². The molecule has 2 spiro atoms. The van der Waals surface area contributed by atoms with Gasteiger partial charge in [-0.2, -0.15) is 0 Å². The number of esters is 1. The summed E-state index contributed by atoms with van der Waals surface area (Å²) in [6, 6.07) is 4.05. The predicted molar refractivity (Wildman–Crippen MR) is 168 cm³/mol. The van der Waals surface area contributed by atoms with Crippen LogP contribution in [0.15, 0.2) is 30.7 Å². The van der Waals surface area contributed by atoms with Gasteiger partial charge in [-0.05, 0) is 108 Å². The molecule has 1 amide bonds. The van der Waals surface area contributed by atoms with E-state index >= 15 is 0 Å². The van der Waals surface area contributed by atoms with Gasteiger partial charge < -0.3 is 24.2 Å². The highest BCUT2D eigenvalue weighted by Crippen LogP contribution is 2.58. The molecule has 2 unspecified atom stereocenters. The average molecular weight is 620 g/mol. The predicted octanol–water partition coefficient (Wildman–Crippen LogP) is 5.55. The first-order valence-corrected chi connectivity index (χ1v) is 16.9. The number of benzene rings is 1. The Bertz CT molecular complexity index is 1440. The number of ether oxygens (including phenoxy) is 2. The molecule has 45 heavy (non-hydrogen) atoms. The maximum atomic E-state index is 14.3. The number of rotatable bonds is 8. The molecule has 3 aliphatic carbocycles. The van der Waals surface area contributed by atoms with Crippen molar-refractivity contribution >= 4 is 17.7 Å². The number of likely N-dealkylation sites (tertiary alicyclic amines) is 1. The van der Waals surface area contributed by atoms with Gasteiger partial charge in [0.2, 0.25) is 0 Å². The number of hydrogen-bond donors (Lipinski definition) is 0. The zero-order valence-electron chi connectivity index (χ0n) is 26.8. The number of carbonyl (C=O) groups excluding carboxylic acids is 2. The lowest BCUT2D eigenvalue weighted by Crippen LogP contribution is -2.61. The van der Waals surface area contributed by atoms with Crippen LogP contribution >= 0.6 is 0 Å². The summed E-state index contributed by atoms with van der Waals surface area (Å²) < 4.78 is 26.0. The highest BCUT2D eigenvalue weighted by Gasteiger charge is 2.55. The number of cyclic esters (lactones) is 1. The van der Waals surface area contributed by atoms with Crippen LogP contribution in [0, 0.1) is 34.4 Å². The monoisotopic (exact) mass is 619 g/mol. The van der Waals surface area contributed by atoms with Crippen LogP contribution in [0.2, 0.25) is 0 Å². The largest absolute Gasteiger partial charge is 0.465 e. The Kier molecular flexibility index (Phi) is 7.99. The van der Waals surface area contributed by atoms with Crippen LogP contribution in [0.3, 0.4) is 0 Å². The number of aromatic nitrogens is 2. The summed E-state index contributed by atoms with van der Waals surface area (Å²) in [7, 11) is 0. The molecule has 1 aromatic carbocycles. The van der Waals surface area contributed by atoms with Crippen LogP contribution in [0.1, 0.15) is 76.1 Å². The number of halogens is 1. The van der Waals surface area contributed by atoms with Crippen LogP contribution < -0.4 is 9.64 Å². The SMILES string of the molecule is CCN(C(=O)c1cc(F)ccc1Oc1cncnc1N1CC2(CCN(C[C@@H]3CC4CC[C@H]3CC43COC(=O)C3)CC2)C1)C(C)C. The molecule has 8 rings (SSSR count). The molecule has 0 N–H and O–H groups in total. The molecule has 3 saturated carbocycles. The number of anilines is 1. The number of fused-ring (bicyclic) bond motifs is 2. The third kappa shape index (κ3) is 5.68. The molecule has 4 heterocycles. The van der Waals surface area contributed by atoms with Crippen molar-refractivity contribution in [3.8, 4) is 11.5 Å². The molecule has 1 aromatic heterocycles. The van der Waals surface area contributed by atoms with Crippen molar-refractivity contribution < 1.29 is 23.5 Å². The van der Waals surface area contributed by atoms with Gasteiger partial charge in [0.05, 0.1) is 24.8 Å². The van der Waals surface area contributed by atoms with Gasteiger partial charge in [-0.15, -0.1) is 0 Å². The van der Waals surface area contributed by atoms with Crippen molar-refractivity contribution in [3.05, 3.63) is 42.1 Å². The van der Waals surface area contributed by atoms with Gasteiger partial charge in [-0.25, -0.2) is 14.4 Å². The first-order valence-electron chi connectivity index (χ1n) is 16.9. The van der Waals surface area contributed by atoms with Crippen LogP contribution in [0.5, 0.6) is 11.5 Å². The fourth-order valence-corrected chi connectivity index (χ4v) is 9.24. The summed E-state index contributed by atoms with van der Waals surface area (Å²) in [5.41, 5.74) is 0.601. The van der Waals surface area contributed by atoms with Crippen molar-refractivity contribution in [1.82, 2.24) is 19.8 Å². The minimum Gasteiger partial charge on any atom is -0.465 e. The van der Waals surface area contributed by atoms with Crippen molar-refractivity contribution in [1.29, 1.82) is 0 Å². The maximum absolute atomic E-state index is 14.3. The standard InChI is InChI=1S/C35H46FN5O4/c1-4-41(23(2)3)33(43)28-14-27(36)7-8-29(28)45-30-17-37-22-38-32(30)40-19-34(20-40)9-11-39(12-10-34)18-25-13-26-6-5-24(25)15-35(26)16-31(42)44-21-35/h7-8,14,17,22-26H,4-6,9-13,15-16,18-21H2,1-3H3/t24-,25-,26?,35?/m0/s1. The lowest BCUT2D eigenvalue weighted by Gasteiger charge is -2.56. The Balaban J connectivity index is 0.965. The molecule has 242 valence electrons. The smallest absolute Gasteiger partial charge is 0.306 e. The van der Waals surface area contributed by atoms with E-state index in [2.05, 4.69) is 19.8 Å². The summed E-state index contributed by atoms with van der Waals surface area (Å²) in [5, 5.41) is 0. The van der Waals surface area contributed by atoms with E-state index in [0.29, 0.717) is 42.8 Å². The number of nitrogens with zero attached hydrogens (tertiary/aromatic N) is 5. The van der Waals surface area contributed by atoms with Crippen LogP contribution in [-0.2, 0) is 9.53 Å². The summed E-state index contributed by atoms with van der Waals surface area (Å²) in [6.45, 7) is 12.2. The zero-order valence-corrected chi connectivity index (χ0v) is 26.8. The first-order chi connectivity index (χ1) is 21.7. The fraction of sp³-hybridized carbons (Fsp3) is 0.657. The van der Waals surface area contributed by atoms with Crippen molar-refractivity contribution in [3.63, 3.8) is 0 Å². The van der Waals surface area contributed by atoms with E-state index in [-0.39, 0.29) is 34.3 Å². The molecular weight excluding hydrogens is 573 g/mol. The van der Waals surface area contributed by atoms with Gasteiger partial charge in [0.1, 0.15) is 17.9 Å². The van der Waals surface area contributed by atoms with Gasteiger partial charge in [0.15, 0.2) is 11.6 Å². The first kappa shape index (κ1) is 30.4. The van der Waals surface area contributed by atoms with E-state index in [1.54, 1.807) is 11.1 Å². The lowest BCUT2D eigenvalue weighted by molar-refractivity contribution is -0.137. The van der Waals surface area contributed by atoms with Crippen molar-refractivity contribution in [2.75, 3.05) is 50.8 Å². The van der Waals surface area contributed by atoms with Crippen LogP contribution in [0.25, 0.3) is 0 Å². The van der Waals surface area contributed by atoms with Gasteiger partial charge in [-0.3, -0.25) is 9.59 Å². The molecule has 2 bridgehead atoms. The Morgan fingerprint density at radius 2 is 2.00 bits per heavy atom. The molecule has 3 saturated heterocycles. The summed E-state index contributed by atoms with van der Waals surface area (Å²) in [4.78, 5) is 40.7. The zero-order chi connectivity index (χ0) is 31.3. The minimum absolute atomic E-state index is 0.0101. The van der Waals surface area contributed by atoms with E-state index in [1.165, 1.54) is 56.8 Å². The molecule has 9 nitrogen and oxygen atoms in total. The number of carbonyl (C=O) groups is 2. The third-order valence-corrected chi connectivity index (χ3v) is 11.7. The quantitative estimate of drug-likeness (QED) is 0.356. The molecule has 2 aromatic rings.